The van der Waals surface area contributed by atoms with Crippen LogP contribution in [-0.4, -0.2) is 4.57 Å². The molecule has 1 aromatic heterocycles. The van der Waals surface area contributed by atoms with E-state index in [0.717, 1.165) is 34.5 Å². The lowest BCUT2D eigenvalue weighted by molar-refractivity contribution is -2.00. The molecule has 0 unspecified atom stereocenters. The molecular weight excluding hydrogens is 360 g/mol. The van der Waals surface area contributed by atoms with Crippen molar-refractivity contribution in [3.63, 3.8) is 0 Å². The Labute approximate surface area is 152 Å². The van der Waals surface area contributed by atoms with Gasteiger partial charge in [-0.3, -0.25) is 0 Å². The number of aromatic nitrogens is 2. The molecule has 138 valence electrons. The molecule has 7 nitrogen and oxygen atoms in total. The van der Waals surface area contributed by atoms with E-state index in [4.69, 9.17) is 18.6 Å². The average molecular weight is 379 g/mol. The molecule has 8 heteroatoms. The maximum absolute atomic E-state index is 12.9. The third kappa shape index (κ3) is 4.46. The summed E-state index contributed by atoms with van der Waals surface area (Å²) in [5.74, 6) is 0.954. The van der Waals surface area contributed by atoms with Crippen molar-refractivity contribution < 1.29 is 33.4 Å². The Hall–Kier alpha value is -2.29. The first-order chi connectivity index (χ1) is 12.1. The number of fused-ring (bicyclic) bond motifs is 1. The highest BCUT2D eigenvalue weighted by Gasteiger charge is 2.21. The second-order valence-corrected chi connectivity index (χ2v) is 6.37. The van der Waals surface area contributed by atoms with Crippen molar-refractivity contribution in [3.8, 4) is 5.69 Å². The molecule has 3 rings (SSSR count). The Bertz CT molecular complexity index is 973. The van der Waals surface area contributed by atoms with Gasteiger partial charge in [-0.25, -0.2) is 28.0 Å². The lowest BCUT2D eigenvalue weighted by atomic mass is 10.1. The summed E-state index contributed by atoms with van der Waals surface area (Å²) in [6, 6.07) is 15.8. The van der Waals surface area contributed by atoms with Crippen LogP contribution in [0.1, 0.15) is 18.3 Å². The van der Waals surface area contributed by atoms with E-state index in [1.807, 2.05) is 66.9 Å². The molecule has 0 fully saturated rings. The highest BCUT2D eigenvalue weighted by molar-refractivity contribution is 5.74. The molecule has 3 aromatic rings. The van der Waals surface area contributed by atoms with Gasteiger partial charge in [0.15, 0.2) is 0 Å². The molecule has 0 aliphatic heterocycles. The number of benzene rings is 2. The summed E-state index contributed by atoms with van der Waals surface area (Å²) in [7, 11) is -4.94. The third-order valence-electron chi connectivity index (χ3n) is 4.02. The van der Waals surface area contributed by atoms with E-state index in [9.17, 15) is 4.79 Å². The van der Waals surface area contributed by atoms with E-state index in [1.165, 1.54) is 0 Å². The van der Waals surface area contributed by atoms with Gasteiger partial charge in [0.2, 0.25) is 0 Å². The van der Waals surface area contributed by atoms with Gasteiger partial charge in [-0.1, -0.05) is 30.3 Å². The van der Waals surface area contributed by atoms with Gasteiger partial charge >= 0.3 is 5.56 Å². The van der Waals surface area contributed by atoms with Gasteiger partial charge in [0.1, 0.15) is 16.6 Å². The van der Waals surface area contributed by atoms with Crippen LogP contribution in [0.5, 0.6) is 0 Å². The highest BCUT2D eigenvalue weighted by Crippen LogP contribution is 2.14. The predicted molar refractivity (Wildman–Crippen MR) is 84.9 cm³/mol. The smallest absolute Gasteiger partial charge is 0.240 e. The first kappa shape index (κ1) is 20.0. The topological polar surface area (TPSA) is 118 Å². The third-order valence-corrected chi connectivity index (χ3v) is 4.02. The molecule has 0 radical (unpaired) electrons. The second-order valence-electron chi connectivity index (χ2n) is 5.61. The van der Waals surface area contributed by atoms with Crippen molar-refractivity contribution in [1.29, 1.82) is 0 Å². The molecule has 26 heavy (non-hydrogen) atoms. The number of rotatable bonds is 2. The standard InChI is InChI=1S/C18H19N2O.ClHO4/c1-4-19-14(3)20(16-11-7-5-9-13(16)2)18(21)15-10-6-8-12-17(15)19;2-1(3,4)5/h5-12H,4H2,1-3H3;(H,2,3,4,5)/q+1;/p-1. The molecular formula is C18H19ClN2O5. The molecule has 0 saturated heterocycles. The summed E-state index contributed by atoms with van der Waals surface area (Å²) in [6.45, 7) is 6.97. The van der Waals surface area contributed by atoms with Crippen LogP contribution in [0.4, 0.5) is 0 Å². The van der Waals surface area contributed by atoms with Gasteiger partial charge in [0.25, 0.3) is 5.82 Å². The summed E-state index contributed by atoms with van der Waals surface area (Å²) < 4.78 is 38.0. The average Bonchev–Trinajstić information content (AvgIpc) is 2.56. The van der Waals surface area contributed by atoms with Crippen LogP contribution >= 0.6 is 0 Å². The van der Waals surface area contributed by atoms with Gasteiger partial charge in [-0.05, 0) is 37.6 Å². The molecule has 0 aliphatic rings. The fourth-order valence-corrected chi connectivity index (χ4v) is 2.95. The minimum atomic E-state index is -4.94. The highest BCUT2D eigenvalue weighted by atomic mass is 35.7. The van der Waals surface area contributed by atoms with Gasteiger partial charge in [-0.15, -0.1) is 10.2 Å². The second kappa shape index (κ2) is 7.94. The van der Waals surface area contributed by atoms with E-state index < -0.39 is 10.2 Å². The van der Waals surface area contributed by atoms with Crippen LogP contribution in [0.2, 0.25) is 0 Å². The Morgan fingerprint density at radius 1 is 0.962 bits per heavy atom. The molecule has 0 amide bonds. The van der Waals surface area contributed by atoms with Crippen molar-refractivity contribution in [1.82, 2.24) is 4.57 Å². The molecule has 0 saturated carbocycles. The molecule has 0 N–H and O–H groups in total. The van der Waals surface area contributed by atoms with Gasteiger partial charge in [-0.2, -0.15) is 4.57 Å². The Kier molecular flexibility index (Phi) is 6.12. The quantitative estimate of drug-likeness (QED) is 0.485. The van der Waals surface area contributed by atoms with Crippen molar-refractivity contribution in [3.05, 3.63) is 70.3 Å². The predicted octanol–water partition coefficient (Wildman–Crippen LogP) is -1.84. The van der Waals surface area contributed by atoms with Crippen LogP contribution < -0.4 is 28.8 Å². The first-order valence-corrected chi connectivity index (χ1v) is 9.10. The summed E-state index contributed by atoms with van der Waals surface area (Å²) in [4.78, 5) is 12.9. The minimum absolute atomic E-state index is 0.0436. The van der Waals surface area contributed by atoms with E-state index in [-0.39, 0.29) is 5.56 Å². The van der Waals surface area contributed by atoms with Gasteiger partial charge in [0, 0.05) is 6.92 Å². The van der Waals surface area contributed by atoms with Crippen molar-refractivity contribution in [2.45, 2.75) is 27.3 Å². The number of nitrogens with zero attached hydrogens (tertiary/aromatic N) is 2. The van der Waals surface area contributed by atoms with Crippen LogP contribution in [0.15, 0.2) is 53.3 Å². The number of hydrogen-bond acceptors (Lipinski definition) is 5. The monoisotopic (exact) mass is 378 g/mol. The molecule has 1 heterocycles. The lowest BCUT2D eigenvalue weighted by Gasteiger charge is -2.17. The summed E-state index contributed by atoms with van der Waals surface area (Å²) in [5.41, 5.74) is 3.09. The van der Waals surface area contributed by atoms with E-state index >= 15 is 0 Å². The minimum Gasteiger partial charge on any atom is -0.240 e. The van der Waals surface area contributed by atoms with E-state index in [1.54, 1.807) is 0 Å². The molecule has 0 bridgehead atoms. The fourth-order valence-electron chi connectivity index (χ4n) is 2.95. The van der Waals surface area contributed by atoms with Gasteiger partial charge < -0.3 is 0 Å². The maximum Gasteiger partial charge on any atom is 0.350 e. The van der Waals surface area contributed by atoms with Crippen molar-refractivity contribution >= 4 is 10.9 Å². The Morgan fingerprint density at radius 3 is 2.08 bits per heavy atom. The van der Waals surface area contributed by atoms with E-state index in [0.29, 0.717) is 0 Å². The Morgan fingerprint density at radius 2 is 1.50 bits per heavy atom. The number of aryl methyl sites for hydroxylation is 2. The zero-order valence-electron chi connectivity index (χ0n) is 14.6. The molecule has 0 spiro atoms. The largest absolute Gasteiger partial charge is 0.350 e. The zero-order valence-corrected chi connectivity index (χ0v) is 15.4. The van der Waals surface area contributed by atoms with Crippen LogP contribution in [0, 0.1) is 24.1 Å². The Balaban J connectivity index is 0.000000431. The SMILES string of the molecule is CC[n+]1c(C)n(-c2ccccc2C)c(=O)c2ccccc21.[O-][Cl+3]([O-])([O-])[O-]. The van der Waals surface area contributed by atoms with Crippen LogP contribution in [0.3, 0.4) is 0 Å². The lowest BCUT2D eigenvalue weighted by Crippen LogP contribution is -2.68. The van der Waals surface area contributed by atoms with Crippen molar-refractivity contribution in [2.24, 2.45) is 0 Å². The van der Waals surface area contributed by atoms with Crippen molar-refractivity contribution in [2.75, 3.05) is 0 Å². The molecule has 2 aromatic carbocycles. The zero-order chi connectivity index (χ0) is 19.5. The molecule has 0 atom stereocenters. The maximum atomic E-state index is 12.9. The molecule has 0 aliphatic carbocycles. The number of para-hydroxylation sites is 2. The van der Waals surface area contributed by atoms with Gasteiger partial charge in [0.05, 0.1) is 6.54 Å². The fraction of sp³-hybridized carbons (Fsp3) is 0.222. The number of hydrogen-bond donors (Lipinski definition) is 0. The summed E-state index contributed by atoms with van der Waals surface area (Å²) in [5, 5.41) is 0.758. The normalized spacial score (nSPS) is 11.2. The number of halogens is 1. The summed E-state index contributed by atoms with van der Waals surface area (Å²) in [6.07, 6.45) is 0. The summed E-state index contributed by atoms with van der Waals surface area (Å²) >= 11 is 0. The van der Waals surface area contributed by atoms with E-state index in [2.05, 4.69) is 11.5 Å². The van der Waals surface area contributed by atoms with Crippen LogP contribution in [0.25, 0.3) is 16.6 Å². The van der Waals surface area contributed by atoms with Crippen LogP contribution in [-0.2, 0) is 6.54 Å². The first-order valence-electron chi connectivity index (χ1n) is 7.87.